The Hall–Kier alpha value is -4.23. The minimum absolute atomic E-state index is 0.688. The van der Waals surface area contributed by atoms with Crippen LogP contribution in [-0.2, 0) is 0 Å². The highest BCUT2D eigenvalue weighted by atomic mass is 16.3. The van der Waals surface area contributed by atoms with Crippen LogP contribution in [0.1, 0.15) is 19.4 Å². The third-order valence-corrected chi connectivity index (χ3v) is 5.84. The van der Waals surface area contributed by atoms with Crippen molar-refractivity contribution < 1.29 is 4.42 Å². The van der Waals surface area contributed by atoms with Gasteiger partial charge in [-0.2, -0.15) is 5.10 Å². The number of imidazole rings is 1. The summed E-state index contributed by atoms with van der Waals surface area (Å²) in [5, 5.41) is 12.1. The first-order chi connectivity index (χ1) is 16.7. The normalized spacial score (nSPS) is 12.6. The van der Waals surface area contributed by atoms with E-state index in [4.69, 9.17) is 9.40 Å². The standard InChI is InChI=1S/C27H26N6O/c1-4-17(13-28-6-3)11-18(5-2)19-7-8-23-21(12-19)26(33-32-23)27-30-24-15-29-14-22(25(24)31-27)20-9-10-34-16-20/h4-5,7-12,14-16,28H,1,6,13H2,2-3H3,(H,30,31)(H,32,33)/b17-11+,18-5+. The molecule has 0 bridgehead atoms. The second kappa shape index (κ2) is 9.33. The van der Waals surface area contributed by atoms with Gasteiger partial charge in [0.1, 0.15) is 11.2 Å². The molecule has 0 fully saturated rings. The van der Waals surface area contributed by atoms with Gasteiger partial charge in [0, 0.05) is 29.3 Å². The van der Waals surface area contributed by atoms with Crippen LogP contribution in [0.25, 0.3) is 50.2 Å². The molecule has 5 aromatic rings. The van der Waals surface area contributed by atoms with Crippen molar-refractivity contribution in [1.82, 2.24) is 30.5 Å². The summed E-state index contributed by atoms with van der Waals surface area (Å²) in [6.45, 7) is 9.80. The number of H-pyrrole nitrogens is 2. The minimum atomic E-state index is 0.688. The molecule has 34 heavy (non-hydrogen) atoms. The predicted octanol–water partition coefficient (Wildman–Crippen LogP) is 5.89. The van der Waals surface area contributed by atoms with E-state index in [0.717, 1.165) is 68.6 Å². The summed E-state index contributed by atoms with van der Waals surface area (Å²) < 4.78 is 5.25. The van der Waals surface area contributed by atoms with E-state index in [1.165, 1.54) is 0 Å². The highest BCUT2D eigenvalue weighted by Crippen LogP contribution is 2.32. The van der Waals surface area contributed by atoms with E-state index < -0.39 is 0 Å². The number of aromatic amines is 2. The van der Waals surface area contributed by atoms with Crippen LogP contribution in [0.4, 0.5) is 0 Å². The number of rotatable bonds is 8. The summed E-state index contributed by atoms with van der Waals surface area (Å²) in [7, 11) is 0. The second-order valence-electron chi connectivity index (χ2n) is 7.96. The zero-order chi connectivity index (χ0) is 23.5. The second-order valence-corrected chi connectivity index (χ2v) is 7.96. The lowest BCUT2D eigenvalue weighted by molar-refractivity contribution is 0.568. The number of allylic oxidation sites excluding steroid dienone is 3. The van der Waals surface area contributed by atoms with E-state index in [0.29, 0.717) is 5.82 Å². The molecule has 0 aliphatic carbocycles. The molecule has 4 heterocycles. The molecule has 4 aromatic heterocycles. The molecule has 0 aliphatic rings. The maximum Gasteiger partial charge on any atom is 0.159 e. The lowest BCUT2D eigenvalue weighted by atomic mass is 10.0. The number of hydrogen-bond acceptors (Lipinski definition) is 5. The van der Waals surface area contributed by atoms with Crippen LogP contribution >= 0.6 is 0 Å². The lowest BCUT2D eigenvalue weighted by Crippen LogP contribution is -2.15. The van der Waals surface area contributed by atoms with Crippen LogP contribution < -0.4 is 5.32 Å². The van der Waals surface area contributed by atoms with Crippen molar-refractivity contribution in [2.45, 2.75) is 13.8 Å². The molecule has 0 aliphatic heterocycles. The Morgan fingerprint density at radius 3 is 2.88 bits per heavy atom. The van der Waals surface area contributed by atoms with Gasteiger partial charge >= 0.3 is 0 Å². The fourth-order valence-corrected chi connectivity index (χ4v) is 4.03. The Morgan fingerprint density at radius 2 is 2.12 bits per heavy atom. The van der Waals surface area contributed by atoms with E-state index in [2.05, 4.69) is 69.3 Å². The molecular weight excluding hydrogens is 424 g/mol. The van der Waals surface area contributed by atoms with Crippen LogP contribution in [-0.4, -0.2) is 38.2 Å². The quantitative estimate of drug-likeness (QED) is 0.256. The topological polar surface area (TPSA) is 95.4 Å². The molecule has 0 atom stereocenters. The molecule has 170 valence electrons. The van der Waals surface area contributed by atoms with Gasteiger partial charge in [0.2, 0.25) is 0 Å². The number of fused-ring (bicyclic) bond motifs is 2. The zero-order valence-electron chi connectivity index (χ0n) is 19.2. The molecule has 7 nitrogen and oxygen atoms in total. The highest BCUT2D eigenvalue weighted by molar-refractivity contribution is 5.97. The third-order valence-electron chi connectivity index (χ3n) is 5.84. The van der Waals surface area contributed by atoms with Gasteiger partial charge in [0.25, 0.3) is 0 Å². The molecule has 0 spiro atoms. The SMILES string of the molecule is C=C/C(=C\C(=C/C)c1ccc2[nH]nc(-c3nc4c(-c5ccoc5)cncc4[nH]3)c2c1)CNCC. The molecule has 0 amide bonds. The average molecular weight is 451 g/mol. The van der Waals surface area contributed by atoms with Crippen molar-refractivity contribution in [3.05, 3.63) is 85.1 Å². The summed E-state index contributed by atoms with van der Waals surface area (Å²) in [4.78, 5) is 12.6. The smallest absolute Gasteiger partial charge is 0.159 e. The molecular formula is C27H26N6O. The van der Waals surface area contributed by atoms with Crippen LogP contribution in [0.15, 0.2) is 84.0 Å². The van der Waals surface area contributed by atoms with Crippen molar-refractivity contribution in [3.63, 3.8) is 0 Å². The maximum absolute atomic E-state index is 5.25. The number of pyridine rings is 1. The van der Waals surface area contributed by atoms with Crippen molar-refractivity contribution >= 4 is 27.5 Å². The third kappa shape index (κ3) is 3.97. The summed E-state index contributed by atoms with van der Waals surface area (Å²) in [6.07, 6.45) is 13.1. The van der Waals surface area contributed by atoms with Gasteiger partial charge in [-0.3, -0.25) is 10.1 Å². The van der Waals surface area contributed by atoms with Crippen LogP contribution in [0.5, 0.6) is 0 Å². The van der Waals surface area contributed by atoms with Gasteiger partial charge < -0.3 is 14.7 Å². The van der Waals surface area contributed by atoms with Gasteiger partial charge in [-0.15, -0.1) is 0 Å². The Balaban J connectivity index is 1.58. The first-order valence-corrected chi connectivity index (χ1v) is 11.3. The number of hydrogen-bond donors (Lipinski definition) is 3. The Bertz CT molecular complexity index is 1520. The van der Waals surface area contributed by atoms with Crippen molar-refractivity contribution in [2.24, 2.45) is 0 Å². The number of nitrogens with zero attached hydrogens (tertiary/aromatic N) is 3. The van der Waals surface area contributed by atoms with Crippen LogP contribution in [0, 0.1) is 0 Å². The molecule has 1 aromatic carbocycles. The number of benzene rings is 1. The average Bonchev–Trinajstić information content (AvgIpc) is 3.63. The Kier molecular flexibility index (Phi) is 5.93. The molecule has 5 rings (SSSR count). The zero-order valence-corrected chi connectivity index (χ0v) is 19.2. The number of nitrogens with one attached hydrogen (secondary N) is 3. The number of furan rings is 1. The lowest BCUT2D eigenvalue weighted by Gasteiger charge is -2.07. The van der Waals surface area contributed by atoms with Gasteiger partial charge in [-0.05, 0) is 48.4 Å². The largest absolute Gasteiger partial charge is 0.472 e. The first kappa shape index (κ1) is 21.6. The van der Waals surface area contributed by atoms with Crippen LogP contribution in [0.2, 0.25) is 0 Å². The molecule has 7 heteroatoms. The van der Waals surface area contributed by atoms with E-state index in [9.17, 15) is 0 Å². The highest BCUT2D eigenvalue weighted by Gasteiger charge is 2.16. The molecule has 3 N–H and O–H groups in total. The van der Waals surface area contributed by atoms with Gasteiger partial charge in [0.05, 0.1) is 29.8 Å². The monoisotopic (exact) mass is 450 g/mol. The summed E-state index contributed by atoms with van der Waals surface area (Å²) in [5.74, 6) is 0.688. The molecule has 0 saturated heterocycles. The van der Waals surface area contributed by atoms with Gasteiger partial charge in [-0.1, -0.05) is 37.8 Å². The molecule has 0 radical (unpaired) electrons. The summed E-state index contributed by atoms with van der Waals surface area (Å²) >= 11 is 0. The minimum Gasteiger partial charge on any atom is -0.472 e. The van der Waals surface area contributed by atoms with Crippen molar-refractivity contribution in [2.75, 3.05) is 13.1 Å². The first-order valence-electron chi connectivity index (χ1n) is 11.3. The fraction of sp³-hybridized carbons (Fsp3) is 0.148. The number of aromatic nitrogens is 5. The van der Waals surface area contributed by atoms with E-state index in [1.54, 1.807) is 24.9 Å². The Morgan fingerprint density at radius 1 is 1.21 bits per heavy atom. The molecule has 0 saturated carbocycles. The van der Waals surface area contributed by atoms with Gasteiger partial charge in [-0.25, -0.2) is 4.98 Å². The van der Waals surface area contributed by atoms with E-state index >= 15 is 0 Å². The van der Waals surface area contributed by atoms with Crippen molar-refractivity contribution in [1.29, 1.82) is 0 Å². The van der Waals surface area contributed by atoms with E-state index in [1.807, 2.05) is 19.1 Å². The fourth-order valence-electron chi connectivity index (χ4n) is 4.03. The van der Waals surface area contributed by atoms with Crippen LogP contribution in [0.3, 0.4) is 0 Å². The summed E-state index contributed by atoms with van der Waals surface area (Å²) in [5.41, 5.74) is 8.60. The number of likely N-dealkylation sites (N-methyl/N-ethyl adjacent to an activating group) is 1. The molecule has 0 unspecified atom stereocenters. The maximum atomic E-state index is 5.25. The van der Waals surface area contributed by atoms with E-state index in [-0.39, 0.29) is 0 Å². The summed E-state index contributed by atoms with van der Waals surface area (Å²) in [6, 6.07) is 8.21. The van der Waals surface area contributed by atoms with Gasteiger partial charge in [0.15, 0.2) is 5.82 Å². The predicted molar refractivity (Wildman–Crippen MR) is 137 cm³/mol. The van der Waals surface area contributed by atoms with Crippen molar-refractivity contribution in [3.8, 4) is 22.6 Å². The Labute approximate surface area is 197 Å².